The molecule has 5 nitrogen and oxygen atoms in total. The van der Waals surface area contributed by atoms with E-state index in [9.17, 15) is 9.59 Å². The van der Waals surface area contributed by atoms with Gasteiger partial charge in [-0.05, 0) is 36.3 Å². The highest BCUT2D eigenvalue weighted by atomic mass is 16.4. The molecule has 0 bridgehead atoms. The van der Waals surface area contributed by atoms with Gasteiger partial charge in [0.05, 0.1) is 6.54 Å². The Labute approximate surface area is 112 Å². The minimum atomic E-state index is -0.974. The minimum Gasteiger partial charge on any atom is -0.478 e. The van der Waals surface area contributed by atoms with Crippen molar-refractivity contribution in [3.05, 3.63) is 35.4 Å². The summed E-state index contributed by atoms with van der Waals surface area (Å²) in [5.74, 6) is -1.03. The molecule has 0 radical (unpaired) electrons. The summed E-state index contributed by atoms with van der Waals surface area (Å²) in [4.78, 5) is 23.6. The molecule has 0 aliphatic rings. The van der Waals surface area contributed by atoms with E-state index in [-0.39, 0.29) is 12.5 Å². The summed E-state index contributed by atoms with van der Waals surface area (Å²) in [6.45, 7) is 2.20. The summed E-state index contributed by atoms with van der Waals surface area (Å²) in [6, 6.07) is 5.58. The third-order valence-electron chi connectivity index (χ3n) is 2.71. The minimum absolute atomic E-state index is 0.0586. The lowest BCUT2D eigenvalue weighted by Crippen LogP contribution is -2.33. The maximum Gasteiger partial charge on any atom is 0.328 e. The lowest BCUT2D eigenvalue weighted by atomic mass is 10.1. The largest absolute Gasteiger partial charge is 0.478 e. The number of benzene rings is 1. The summed E-state index contributed by atoms with van der Waals surface area (Å²) in [6.07, 6.45) is 2.64. The van der Waals surface area contributed by atoms with Gasteiger partial charge in [0.1, 0.15) is 0 Å². The first-order chi connectivity index (χ1) is 8.93. The van der Waals surface area contributed by atoms with E-state index in [2.05, 4.69) is 5.32 Å². The summed E-state index contributed by atoms with van der Waals surface area (Å²) in [5, 5.41) is 11.1. The first-order valence-corrected chi connectivity index (χ1v) is 5.87. The number of aryl methyl sites for hydroxylation is 1. The van der Waals surface area contributed by atoms with Crippen molar-refractivity contribution in [3.8, 4) is 0 Å². The Morgan fingerprint density at radius 3 is 2.63 bits per heavy atom. The fraction of sp³-hybridized carbons (Fsp3) is 0.286. The van der Waals surface area contributed by atoms with Gasteiger partial charge in [-0.1, -0.05) is 6.07 Å². The van der Waals surface area contributed by atoms with Crippen LogP contribution in [0.4, 0.5) is 5.69 Å². The quantitative estimate of drug-likeness (QED) is 0.784. The van der Waals surface area contributed by atoms with Crippen LogP contribution in [0.2, 0.25) is 0 Å². The van der Waals surface area contributed by atoms with Gasteiger partial charge in [-0.15, -0.1) is 0 Å². The predicted octanol–water partition coefficient (Wildman–Crippen LogP) is 1.28. The molecule has 2 N–H and O–H groups in total. The highest BCUT2D eigenvalue weighted by molar-refractivity contribution is 5.85. The third-order valence-corrected chi connectivity index (χ3v) is 2.71. The molecule has 0 aliphatic heterocycles. The number of amides is 1. The Balaban J connectivity index is 2.88. The molecular weight excluding hydrogens is 244 g/mol. The number of nitrogens with zero attached hydrogens (tertiary/aromatic N) is 1. The summed E-state index contributed by atoms with van der Waals surface area (Å²) in [5.41, 5.74) is 2.74. The zero-order valence-corrected chi connectivity index (χ0v) is 11.3. The van der Waals surface area contributed by atoms with Crippen LogP contribution in [0.25, 0.3) is 6.08 Å². The molecule has 1 rings (SSSR count). The molecule has 0 aromatic heterocycles. The smallest absolute Gasteiger partial charge is 0.328 e. The van der Waals surface area contributed by atoms with Crippen molar-refractivity contribution in [2.24, 2.45) is 0 Å². The maximum atomic E-state index is 11.3. The number of carbonyl (C=O) groups excluding carboxylic acids is 1. The lowest BCUT2D eigenvalue weighted by molar-refractivity contribution is -0.131. The monoisotopic (exact) mass is 262 g/mol. The van der Waals surface area contributed by atoms with Crippen molar-refractivity contribution in [1.82, 2.24) is 5.32 Å². The Bertz CT molecular complexity index is 509. The normalized spacial score (nSPS) is 10.5. The molecule has 0 fully saturated rings. The predicted molar refractivity (Wildman–Crippen MR) is 75.2 cm³/mol. The number of carboxylic acid groups (broad SMARTS) is 1. The Morgan fingerprint density at radius 1 is 1.42 bits per heavy atom. The van der Waals surface area contributed by atoms with E-state index in [4.69, 9.17) is 5.11 Å². The number of nitrogens with one attached hydrogen (secondary N) is 1. The van der Waals surface area contributed by atoms with E-state index in [0.29, 0.717) is 0 Å². The number of anilines is 1. The second kappa shape index (κ2) is 6.58. The van der Waals surface area contributed by atoms with Crippen molar-refractivity contribution < 1.29 is 14.7 Å². The molecule has 0 unspecified atom stereocenters. The van der Waals surface area contributed by atoms with Crippen LogP contribution < -0.4 is 10.2 Å². The van der Waals surface area contributed by atoms with Crippen LogP contribution in [-0.4, -0.2) is 37.6 Å². The zero-order valence-electron chi connectivity index (χ0n) is 11.3. The van der Waals surface area contributed by atoms with Gasteiger partial charge >= 0.3 is 5.97 Å². The molecule has 0 atom stereocenters. The first kappa shape index (κ1) is 14.8. The second-order valence-corrected chi connectivity index (χ2v) is 4.25. The molecule has 1 amide bonds. The molecule has 0 spiro atoms. The van der Waals surface area contributed by atoms with E-state index in [1.807, 2.05) is 37.1 Å². The summed E-state index contributed by atoms with van der Waals surface area (Å²) >= 11 is 0. The van der Waals surface area contributed by atoms with Crippen molar-refractivity contribution in [2.75, 3.05) is 25.5 Å². The number of carboxylic acids is 1. The highest BCUT2D eigenvalue weighted by Crippen LogP contribution is 2.20. The van der Waals surface area contributed by atoms with Gasteiger partial charge in [0.25, 0.3) is 0 Å². The molecule has 0 saturated heterocycles. The van der Waals surface area contributed by atoms with E-state index in [0.717, 1.165) is 22.9 Å². The van der Waals surface area contributed by atoms with E-state index in [1.54, 1.807) is 7.05 Å². The van der Waals surface area contributed by atoms with E-state index >= 15 is 0 Å². The van der Waals surface area contributed by atoms with Crippen LogP contribution >= 0.6 is 0 Å². The van der Waals surface area contributed by atoms with Gasteiger partial charge < -0.3 is 15.3 Å². The lowest BCUT2D eigenvalue weighted by Gasteiger charge is -2.20. The van der Waals surface area contributed by atoms with Crippen molar-refractivity contribution in [2.45, 2.75) is 6.92 Å². The second-order valence-electron chi connectivity index (χ2n) is 4.25. The van der Waals surface area contributed by atoms with Gasteiger partial charge in [-0.3, -0.25) is 4.79 Å². The molecular formula is C14H18N2O3. The number of hydrogen-bond acceptors (Lipinski definition) is 3. The SMILES string of the molecule is CNC(=O)CN(C)c1ccc(/C=C/C(=O)O)cc1C. The average molecular weight is 262 g/mol. The fourth-order valence-electron chi connectivity index (χ4n) is 1.76. The Morgan fingerprint density at radius 2 is 2.11 bits per heavy atom. The van der Waals surface area contributed by atoms with Gasteiger partial charge in [-0.25, -0.2) is 4.79 Å². The molecule has 19 heavy (non-hydrogen) atoms. The molecule has 0 saturated carbocycles. The van der Waals surface area contributed by atoms with Gasteiger partial charge in [0.15, 0.2) is 0 Å². The molecule has 1 aromatic rings. The Kier molecular flexibility index (Phi) is 5.11. The van der Waals surface area contributed by atoms with Gasteiger partial charge in [0, 0.05) is 25.9 Å². The van der Waals surface area contributed by atoms with Crippen LogP contribution in [0.15, 0.2) is 24.3 Å². The summed E-state index contributed by atoms with van der Waals surface area (Å²) < 4.78 is 0. The zero-order chi connectivity index (χ0) is 14.4. The van der Waals surface area contributed by atoms with Crippen molar-refractivity contribution in [1.29, 1.82) is 0 Å². The molecule has 0 heterocycles. The van der Waals surface area contributed by atoms with E-state index in [1.165, 1.54) is 6.08 Å². The topological polar surface area (TPSA) is 69.6 Å². The number of carbonyl (C=O) groups is 2. The molecule has 0 aliphatic carbocycles. The highest BCUT2D eigenvalue weighted by Gasteiger charge is 2.08. The van der Waals surface area contributed by atoms with Gasteiger partial charge in [0.2, 0.25) is 5.91 Å². The van der Waals surface area contributed by atoms with Gasteiger partial charge in [-0.2, -0.15) is 0 Å². The number of rotatable bonds is 5. The first-order valence-electron chi connectivity index (χ1n) is 5.87. The van der Waals surface area contributed by atoms with Crippen molar-refractivity contribution in [3.63, 3.8) is 0 Å². The van der Waals surface area contributed by atoms with Crippen LogP contribution in [-0.2, 0) is 9.59 Å². The Hall–Kier alpha value is -2.30. The molecule has 5 heteroatoms. The van der Waals surface area contributed by atoms with Crippen LogP contribution in [0, 0.1) is 6.92 Å². The van der Waals surface area contributed by atoms with E-state index < -0.39 is 5.97 Å². The average Bonchev–Trinajstić information content (AvgIpc) is 2.35. The van der Waals surface area contributed by atoms with Crippen LogP contribution in [0.5, 0.6) is 0 Å². The van der Waals surface area contributed by atoms with Crippen LogP contribution in [0.1, 0.15) is 11.1 Å². The third kappa shape index (κ3) is 4.46. The summed E-state index contributed by atoms with van der Waals surface area (Å²) in [7, 11) is 3.44. The number of hydrogen-bond donors (Lipinski definition) is 2. The van der Waals surface area contributed by atoms with Crippen LogP contribution in [0.3, 0.4) is 0 Å². The number of aliphatic carboxylic acids is 1. The maximum absolute atomic E-state index is 11.3. The fourth-order valence-corrected chi connectivity index (χ4v) is 1.76. The standard InChI is InChI=1S/C14H18N2O3/c1-10-8-11(5-7-14(18)19)4-6-12(10)16(3)9-13(17)15-2/h4-8H,9H2,1-3H3,(H,15,17)(H,18,19)/b7-5+. The van der Waals surface area contributed by atoms with Crippen molar-refractivity contribution >= 4 is 23.6 Å². The molecule has 102 valence electrons. The molecule has 1 aromatic carbocycles. The number of likely N-dealkylation sites (N-methyl/N-ethyl adjacent to an activating group) is 2.